The average molecular weight is 290 g/mol. The molecular formula is C12H16F2N2O2S. The third-order valence-electron chi connectivity index (χ3n) is 2.11. The average Bonchev–Trinajstić information content (AvgIpc) is 2.28. The second-order valence-electron chi connectivity index (χ2n) is 3.86. The Morgan fingerprint density at radius 2 is 2.21 bits per heavy atom. The van der Waals surface area contributed by atoms with E-state index in [0.29, 0.717) is 29.0 Å². The molecule has 0 aliphatic heterocycles. The van der Waals surface area contributed by atoms with Crippen molar-refractivity contribution in [3.63, 3.8) is 0 Å². The molecular weight excluding hydrogens is 274 g/mol. The zero-order valence-corrected chi connectivity index (χ0v) is 11.5. The third-order valence-corrected chi connectivity index (χ3v) is 2.82. The zero-order valence-electron chi connectivity index (χ0n) is 10.7. The molecule has 106 valence electrons. The number of thioether (sulfide) groups is 1. The van der Waals surface area contributed by atoms with E-state index in [4.69, 9.17) is 4.74 Å². The number of urea groups is 1. The predicted octanol–water partition coefficient (Wildman–Crippen LogP) is 3.16. The quantitative estimate of drug-likeness (QED) is 0.791. The molecule has 1 unspecified atom stereocenters. The van der Waals surface area contributed by atoms with Gasteiger partial charge in [0, 0.05) is 17.7 Å². The number of nitrogens with one attached hydrogen (secondary N) is 2. The molecule has 19 heavy (non-hydrogen) atoms. The van der Waals surface area contributed by atoms with Gasteiger partial charge in [-0.25, -0.2) is 4.79 Å². The Morgan fingerprint density at radius 1 is 1.47 bits per heavy atom. The van der Waals surface area contributed by atoms with Crippen molar-refractivity contribution in [2.24, 2.45) is 0 Å². The van der Waals surface area contributed by atoms with E-state index < -0.39 is 11.8 Å². The number of halogens is 2. The van der Waals surface area contributed by atoms with Gasteiger partial charge in [-0.2, -0.15) is 8.78 Å². The molecule has 0 bridgehead atoms. The van der Waals surface area contributed by atoms with Crippen LogP contribution in [-0.2, 0) is 4.74 Å². The van der Waals surface area contributed by atoms with Gasteiger partial charge in [-0.1, -0.05) is 17.8 Å². The summed E-state index contributed by atoms with van der Waals surface area (Å²) in [6.07, 6.45) is 0. The lowest BCUT2D eigenvalue weighted by atomic mass is 10.3. The van der Waals surface area contributed by atoms with E-state index in [1.165, 1.54) is 6.07 Å². The maximum atomic E-state index is 12.2. The lowest BCUT2D eigenvalue weighted by molar-refractivity contribution is 0.173. The summed E-state index contributed by atoms with van der Waals surface area (Å²) >= 11 is 0.437. The number of carbonyl (C=O) groups excluding carboxylic acids is 1. The van der Waals surface area contributed by atoms with Crippen LogP contribution in [0.4, 0.5) is 19.3 Å². The molecule has 0 radical (unpaired) electrons. The van der Waals surface area contributed by atoms with Gasteiger partial charge in [0.05, 0.1) is 12.6 Å². The smallest absolute Gasteiger partial charge is 0.319 e. The standard InChI is InChI=1S/C12H16F2N2O2S/c1-8(7-18-2)15-12(17)16-9-4-3-5-10(6-9)19-11(13)14/h3-6,8,11H,7H2,1-2H3,(H2,15,16,17). The first-order valence-electron chi connectivity index (χ1n) is 5.62. The van der Waals surface area contributed by atoms with E-state index in [2.05, 4.69) is 10.6 Å². The minimum absolute atomic E-state index is 0.136. The molecule has 1 rings (SSSR count). The SMILES string of the molecule is COCC(C)NC(=O)Nc1cccc(SC(F)F)c1. The van der Waals surface area contributed by atoms with Crippen molar-refractivity contribution in [3.05, 3.63) is 24.3 Å². The fourth-order valence-corrected chi connectivity index (χ4v) is 1.99. The summed E-state index contributed by atoms with van der Waals surface area (Å²) in [5.74, 6) is -2.48. The van der Waals surface area contributed by atoms with Gasteiger partial charge in [-0.15, -0.1) is 0 Å². The molecule has 2 amide bonds. The van der Waals surface area contributed by atoms with E-state index in [1.54, 1.807) is 32.2 Å². The van der Waals surface area contributed by atoms with Gasteiger partial charge in [-0.05, 0) is 25.1 Å². The van der Waals surface area contributed by atoms with E-state index in [9.17, 15) is 13.6 Å². The van der Waals surface area contributed by atoms with Gasteiger partial charge in [0.25, 0.3) is 5.76 Å². The Bertz CT molecular complexity index is 418. The molecule has 1 atom stereocenters. The Hall–Kier alpha value is -1.34. The molecule has 0 fully saturated rings. The van der Waals surface area contributed by atoms with Gasteiger partial charge in [-0.3, -0.25) is 0 Å². The fraction of sp³-hybridized carbons (Fsp3) is 0.417. The van der Waals surface area contributed by atoms with Crippen LogP contribution in [0, 0.1) is 0 Å². The van der Waals surface area contributed by atoms with E-state index in [0.717, 1.165) is 0 Å². The van der Waals surface area contributed by atoms with Gasteiger partial charge in [0.15, 0.2) is 0 Å². The number of alkyl halides is 2. The van der Waals surface area contributed by atoms with Crippen molar-refractivity contribution >= 4 is 23.5 Å². The number of amides is 2. The molecule has 4 nitrogen and oxygen atoms in total. The summed E-state index contributed by atoms with van der Waals surface area (Å²) in [5, 5.41) is 5.24. The van der Waals surface area contributed by atoms with Crippen LogP contribution in [-0.4, -0.2) is 31.5 Å². The Labute approximate surface area is 114 Å². The minimum atomic E-state index is -2.48. The van der Waals surface area contributed by atoms with Crippen LogP contribution in [0.5, 0.6) is 0 Å². The molecule has 2 N–H and O–H groups in total. The van der Waals surface area contributed by atoms with Gasteiger partial charge < -0.3 is 15.4 Å². The van der Waals surface area contributed by atoms with Crippen LogP contribution in [0.25, 0.3) is 0 Å². The highest BCUT2D eigenvalue weighted by molar-refractivity contribution is 7.99. The molecule has 7 heteroatoms. The van der Waals surface area contributed by atoms with Crippen molar-refractivity contribution in [1.82, 2.24) is 5.32 Å². The van der Waals surface area contributed by atoms with E-state index in [1.807, 2.05) is 0 Å². The molecule has 0 saturated carbocycles. The van der Waals surface area contributed by atoms with E-state index >= 15 is 0 Å². The van der Waals surface area contributed by atoms with Crippen molar-refractivity contribution in [2.75, 3.05) is 19.0 Å². The number of benzene rings is 1. The first kappa shape index (κ1) is 15.7. The van der Waals surface area contributed by atoms with Crippen LogP contribution < -0.4 is 10.6 Å². The lowest BCUT2D eigenvalue weighted by Crippen LogP contribution is -2.38. The van der Waals surface area contributed by atoms with Crippen molar-refractivity contribution in [2.45, 2.75) is 23.6 Å². The highest BCUT2D eigenvalue weighted by Gasteiger charge is 2.09. The maximum absolute atomic E-state index is 12.2. The van der Waals surface area contributed by atoms with Gasteiger partial charge >= 0.3 is 6.03 Å². The summed E-state index contributed by atoms with van der Waals surface area (Å²) in [5.41, 5.74) is 0.466. The van der Waals surface area contributed by atoms with Gasteiger partial charge in [0.1, 0.15) is 0 Å². The number of hydrogen-bond acceptors (Lipinski definition) is 3. The summed E-state index contributed by atoms with van der Waals surface area (Å²) in [7, 11) is 1.54. The monoisotopic (exact) mass is 290 g/mol. The van der Waals surface area contributed by atoms with Crippen molar-refractivity contribution < 1.29 is 18.3 Å². The summed E-state index contributed by atoms with van der Waals surface area (Å²) in [6, 6.07) is 5.77. The van der Waals surface area contributed by atoms with Crippen LogP contribution >= 0.6 is 11.8 Å². The summed E-state index contributed by atoms with van der Waals surface area (Å²) < 4.78 is 29.3. The largest absolute Gasteiger partial charge is 0.383 e. The third kappa shape index (κ3) is 6.40. The summed E-state index contributed by atoms with van der Waals surface area (Å²) in [4.78, 5) is 12.0. The topological polar surface area (TPSA) is 50.4 Å². The molecule has 0 spiro atoms. The van der Waals surface area contributed by atoms with Crippen molar-refractivity contribution in [3.8, 4) is 0 Å². The van der Waals surface area contributed by atoms with Crippen LogP contribution in [0.1, 0.15) is 6.92 Å². The molecule has 0 aliphatic rings. The first-order valence-corrected chi connectivity index (χ1v) is 6.50. The van der Waals surface area contributed by atoms with Crippen molar-refractivity contribution in [1.29, 1.82) is 0 Å². The Balaban J connectivity index is 2.54. The van der Waals surface area contributed by atoms with Gasteiger partial charge in [0.2, 0.25) is 0 Å². The molecule has 1 aromatic rings. The molecule has 0 saturated heterocycles. The number of ether oxygens (including phenoxy) is 1. The number of anilines is 1. The maximum Gasteiger partial charge on any atom is 0.319 e. The first-order chi connectivity index (χ1) is 9.01. The molecule has 1 aromatic carbocycles. The predicted molar refractivity (Wildman–Crippen MR) is 71.8 cm³/mol. The summed E-state index contributed by atoms with van der Waals surface area (Å²) in [6.45, 7) is 2.20. The number of rotatable bonds is 6. The van der Waals surface area contributed by atoms with Crippen LogP contribution in [0.2, 0.25) is 0 Å². The highest BCUT2D eigenvalue weighted by atomic mass is 32.2. The Morgan fingerprint density at radius 3 is 2.84 bits per heavy atom. The molecule has 0 aliphatic carbocycles. The highest BCUT2D eigenvalue weighted by Crippen LogP contribution is 2.27. The normalized spacial score (nSPS) is 12.3. The number of methoxy groups -OCH3 is 1. The molecule has 0 aromatic heterocycles. The number of carbonyl (C=O) groups is 1. The van der Waals surface area contributed by atoms with Crippen LogP contribution in [0.3, 0.4) is 0 Å². The molecule has 0 heterocycles. The zero-order chi connectivity index (χ0) is 14.3. The number of hydrogen-bond donors (Lipinski definition) is 2. The Kier molecular flexibility index (Phi) is 6.58. The lowest BCUT2D eigenvalue weighted by Gasteiger charge is -2.14. The second kappa shape index (κ2) is 7.96. The van der Waals surface area contributed by atoms with E-state index in [-0.39, 0.29) is 6.04 Å². The van der Waals surface area contributed by atoms with Crippen LogP contribution in [0.15, 0.2) is 29.2 Å². The minimum Gasteiger partial charge on any atom is -0.383 e. The second-order valence-corrected chi connectivity index (χ2v) is 4.92. The fourth-order valence-electron chi connectivity index (χ4n) is 1.43.